The number of hydrogen-bond donors (Lipinski definition) is 1. The Labute approximate surface area is 163 Å². The van der Waals surface area contributed by atoms with Gasteiger partial charge in [0.05, 0.1) is 18.7 Å². The standard InChI is InChI=1S/C22H19ClN2O2/c23-17-9-7-15(8-10-17)12-21(26)25-14-18-13-16-4-3-5-19(22(16)27-18)20-6-1-2-11-24-20/h1-11,18H,12-14H2,(H,25,26)/t18-/m0/s1. The predicted octanol–water partition coefficient (Wildman–Crippen LogP) is 4.06. The van der Waals surface area contributed by atoms with Crippen molar-refractivity contribution in [2.45, 2.75) is 18.9 Å². The van der Waals surface area contributed by atoms with Crippen LogP contribution in [0.2, 0.25) is 5.02 Å². The number of nitrogens with zero attached hydrogens (tertiary/aromatic N) is 1. The van der Waals surface area contributed by atoms with E-state index in [2.05, 4.69) is 16.4 Å². The van der Waals surface area contributed by atoms with Crippen molar-refractivity contribution in [2.24, 2.45) is 0 Å². The number of amides is 1. The average Bonchev–Trinajstić information content (AvgIpc) is 3.12. The predicted molar refractivity (Wildman–Crippen MR) is 106 cm³/mol. The summed E-state index contributed by atoms with van der Waals surface area (Å²) >= 11 is 5.88. The molecule has 0 spiro atoms. The molecular formula is C22H19ClN2O2. The first-order valence-corrected chi connectivity index (χ1v) is 9.28. The first-order chi connectivity index (χ1) is 13.2. The van der Waals surface area contributed by atoms with E-state index in [4.69, 9.17) is 16.3 Å². The van der Waals surface area contributed by atoms with E-state index < -0.39 is 0 Å². The molecule has 0 aliphatic carbocycles. The Morgan fingerprint density at radius 2 is 1.96 bits per heavy atom. The summed E-state index contributed by atoms with van der Waals surface area (Å²) in [6.45, 7) is 0.475. The van der Waals surface area contributed by atoms with Crippen molar-refractivity contribution in [1.29, 1.82) is 0 Å². The summed E-state index contributed by atoms with van der Waals surface area (Å²) in [6.07, 6.45) is 2.81. The van der Waals surface area contributed by atoms with E-state index >= 15 is 0 Å². The molecule has 2 heterocycles. The highest BCUT2D eigenvalue weighted by molar-refractivity contribution is 6.30. The summed E-state index contributed by atoms with van der Waals surface area (Å²) in [6, 6.07) is 19.2. The summed E-state index contributed by atoms with van der Waals surface area (Å²) in [4.78, 5) is 16.6. The molecule has 0 radical (unpaired) electrons. The molecule has 1 aliphatic heterocycles. The molecule has 1 N–H and O–H groups in total. The monoisotopic (exact) mass is 378 g/mol. The van der Waals surface area contributed by atoms with Crippen molar-refractivity contribution >= 4 is 17.5 Å². The van der Waals surface area contributed by atoms with Crippen LogP contribution in [0.3, 0.4) is 0 Å². The number of rotatable bonds is 5. The molecule has 27 heavy (non-hydrogen) atoms. The van der Waals surface area contributed by atoms with Crippen LogP contribution in [0.25, 0.3) is 11.3 Å². The largest absolute Gasteiger partial charge is 0.487 e. The summed E-state index contributed by atoms with van der Waals surface area (Å²) in [5.41, 5.74) is 3.96. The third kappa shape index (κ3) is 4.12. The Balaban J connectivity index is 1.38. The Hall–Kier alpha value is -2.85. The molecule has 3 aromatic rings. The van der Waals surface area contributed by atoms with Gasteiger partial charge in [-0.3, -0.25) is 9.78 Å². The third-order valence-electron chi connectivity index (χ3n) is 4.57. The second-order valence-corrected chi connectivity index (χ2v) is 7.00. The normalized spacial score (nSPS) is 15.1. The van der Waals surface area contributed by atoms with Gasteiger partial charge in [-0.2, -0.15) is 0 Å². The lowest BCUT2D eigenvalue weighted by Gasteiger charge is -2.13. The minimum atomic E-state index is -0.0703. The van der Waals surface area contributed by atoms with Gasteiger partial charge in [-0.15, -0.1) is 0 Å². The van der Waals surface area contributed by atoms with Crippen LogP contribution in [0.15, 0.2) is 66.9 Å². The van der Waals surface area contributed by atoms with Crippen molar-refractivity contribution in [2.75, 3.05) is 6.54 Å². The van der Waals surface area contributed by atoms with Crippen molar-refractivity contribution in [3.05, 3.63) is 83.0 Å². The number of benzene rings is 2. The number of ether oxygens (including phenoxy) is 1. The zero-order chi connectivity index (χ0) is 18.6. The van der Waals surface area contributed by atoms with Gasteiger partial charge in [0.2, 0.25) is 5.91 Å². The summed E-state index contributed by atoms with van der Waals surface area (Å²) in [5.74, 6) is 0.843. The van der Waals surface area contributed by atoms with Crippen LogP contribution in [0, 0.1) is 0 Å². The van der Waals surface area contributed by atoms with Crippen LogP contribution in [0.4, 0.5) is 0 Å². The maximum atomic E-state index is 12.2. The van der Waals surface area contributed by atoms with Gasteiger partial charge in [-0.1, -0.05) is 41.9 Å². The van der Waals surface area contributed by atoms with Gasteiger partial charge >= 0.3 is 0 Å². The molecule has 1 aromatic heterocycles. The number of hydrogen-bond acceptors (Lipinski definition) is 3. The molecule has 136 valence electrons. The quantitative estimate of drug-likeness (QED) is 0.728. The van der Waals surface area contributed by atoms with E-state index in [9.17, 15) is 4.79 Å². The zero-order valence-corrected chi connectivity index (χ0v) is 15.4. The number of nitrogens with one attached hydrogen (secondary N) is 1. The first kappa shape index (κ1) is 17.6. The maximum Gasteiger partial charge on any atom is 0.224 e. The topological polar surface area (TPSA) is 51.2 Å². The molecule has 0 saturated carbocycles. The number of pyridine rings is 1. The highest BCUT2D eigenvalue weighted by Crippen LogP contribution is 2.37. The lowest BCUT2D eigenvalue weighted by atomic mass is 10.0. The molecule has 5 heteroatoms. The van der Waals surface area contributed by atoms with Crippen molar-refractivity contribution < 1.29 is 9.53 Å². The van der Waals surface area contributed by atoms with Crippen LogP contribution in [0.1, 0.15) is 11.1 Å². The van der Waals surface area contributed by atoms with Gasteiger partial charge in [0.25, 0.3) is 0 Å². The molecular weight excluding hydrogens is 360 g/mol. The number of aromatic nitrogens is 1. The van der Waals surface area contributed by atoms with Gasteiger partial charge in [-0.25, -0.2) is 0 Å². The summed E-state index contributed by atoms with van der Waals surface area (Å²) < 4.78 is 6.14. The van der Waals surface area contributed by atoms with E-state index in [-0.39, 0.29) is 12.0 Å². The molecule has 0 fully saturated rings. The first-order valence-electron chi connectivity index (χ1n) is 8.90. The van der Waals surface area contributed by atoms with E-state index in [1.807, 2.05) is 42.5 Å². The van der Waals surface area contributed by atoms with Gasteiger partial charge in [0.1, 0.15) is 11.9 Å². The average molecular weight is 379 g/mol. The van der Waals surface area contributed by atoms with Gasteiger partial charge in [-0.05, 0) is 41.5 Å². The molecule has 0 unspecified atom stereocenters. The fourth-order valence-corrected chi connectivity index (χ4v) is 3.38. The Morgan fingerprint density at radius 1 is 1.11 bits per heavy atom. The molecule has 4 rings (SSSR count). The molecule has 4 nitrogen and oxygen atoms in total. The number of halogens is 1. The number of carbonyl (C=O) groups is 1. The minimum absolute atomic E-state index is 0.0261. The third-order valence-corrected chi connectivity index (χ3v) is 4.83. The number of para-hydroxylation sites is 1. The smallest absolute Gasteiger partial charge is 0.224 e. The van der Waals surface area contributed by atoms with Crippen LogP contribution < -0.4 is 10.1 Å². The summed E-state index contributed by atoms with van der Waals surface area (Å²) in [7, 11) is 0. The van der Waals surface area contributed by atoms with E-state index in [0.29, 0.717) is 18.0 Å². The molecule has 1 atom stereocenters. The van der Waals surface area contributed by atoms with Crippen molar-refractivity contribution in [3.63, 3.8) is 0 Å². The van der Waals surface area contributed by atoms with E-state index in [1.54, 1.807) is 18.3 Å². The van der Waals surface area contributed by atoms with Crippen LogP contribution in [0.5, 0.6) is 5.75 Å². The Kier molecular flexibility index (Phi) is 5.07. The van der Waals surface area contributed by atoms with Crippen LogP contribution >= 0.6 is 11.6 Å². The van der Waals surface area contributed by atoms with E-state index in [0.717, 1.165) is 34.6 Å². The van der Waals surface area contributed by atoms with Crippen molar-refractivity contribution in [1.82, 2.24) is 10.3 Å². The SMILES string of the molecule is O=C(Cc1ccc(Cl)cc1)NC[C@@H]1Cc2cccc(-c3ccccn3)c2O1. The highest BCUT2D eigenvalue weighted by atomic mass is 35.5. The Bertz CT molecular complexity index is 942. The second-order valence-electron chi connectivity index (χ2n) is 6.56. The zero-order valence-electron chi connectivity index (χ0n) is 14.7. The maximum absolute atomic E-state index is 12.2. The van der Waals surface area contributed by atoms with E-state index in [1.165, 1.54) is 0 Å². The summed E-state index contributed by atoms with van der Waals surface area (Å²) in [5, 5.41) is 3.64. The second kappa shape index (κ2) is 7.80. The minimum Gasteiger partial charge on any atom is -0.487 e. The molecule has 1 aliphatic rings. The molecule has 0 saturated heterocycles. The number of fused-ring (bicyclic) bond motifs is 1. The van der Waals surface area contributed by atoms with Gasteiger partial charge in [0, 0.05) is 23.2 Å². The highest BCUT2D eigenvalue weighted by Gasteiger charge is 2.26. The number of carbonyl (C=O) groups excluding carboxylic acids is 1. The molecule has 0 bridgehead atoms. The lowest BCUT2D eigenvalue weighted by molar-refractivity contribution is -0.120. The fraction of sp³-hybridized carbons (Fsp3) is 0.182. The van der Waals surface area contributed by atoms with Gasteiger partial charge < -0.3 is 10.1 Å². The Morgan fingerprint density at radius 3 is 2.74 bits per heavy atom. The lowest BCUT2D eigenvalue weighted by Crippen LogP contribution is -2.35. The van der Waals surface area contributed by atoms with Crippen LogP contribution in [-0.2, 0) is 17.6 Å². The van der Waals surface area contributed by atoms with Crippen molar-refractivity contribution in [3.8, 4) is 17.0 Å². The molecule has 1 amide bonds. The van der Waals surface area contributed by atoms with Gasteiger partial charge in [0.15, 0.2) is 0 Å². The van der Waals surface area contributed by atoms with Crippen LogP contribution in [-0.4, -0.2) is 23.5 Å². The fourth-order valence-electron chi connectivity index (χ4n) is 3.25. The molecule has 2 aromatic carbocycles.